The number of carboxylic acids is 1. The van der Waals surface area contributed by atoms with E-state index in [2.05, 4.69) is 27.1 Å². The second-order valence-electron chi connectivity index (χ2n) is 8.19. The van der Waals surface area contributed by atoms with E-state index in [0.29, 0.717) is 11.3 Å². The number of hydrogen-bond acceptors (Lipinski definition) is 5. The van der Waals surface area contributed by atoms with Crippen molar-refractivity contribution >= 4 is 23.5 Å². The van der Waals surface area contributed by atoms with Gasteiger partial charge in [0.05, 0.1) is 29.9 Å². The fourth-order valence-corrected chi connectivity index (χ4v) is 3.22. The highest BCUT2D eigenvalue weighted by Crippen LogP contribution is 2.29. The van der Waals surface area contributed by atoms with E-state index in [0.717, 1.165) is 18.3 Å². The second-order valence-corrected chi connectivity index (χ2v) is 8.53. The maximum atomic E-state index is 13.1. The fraction of sp³-hybridized carbons (Fsp3) is 0.250. The molecule has 0 aliphatic carbocycles. The number of hydrogen-bond donors (Lipinski definition) is 3. The van der Waals surface area contributed by atoms with Crippen LogP contribution < -0.4 is 5.32 Å². The highest BCUT2D eigenvalue weighted by molar-refractivity contribution is 6.29. The van der Waals surface area contributed by atoms with Gasteiger partial charge in [-0.25, -0.2) is 9.78 Å². The number of nitrogens with one attached hydrogen (secondary N) is 1. The van der Waals surface area contributed by atoms with Crippen LogP contribution in [0.2, 0.25) is 5.28 Å². The third-order valence-corrected chi connectivity index (χ3v) is 5.04. The number of carbonyl (C=O) groups is 2. The number of aromatic nitrogens is 3. The monoisotopic (exact) mass is 520 g/mol. The zero-order valence-corrected chi connectivity index (χ0v) is 19.8. The van der Waals surface area contributed by atoms with Crippen LogP contribution in [0.15, 0.2) is 42.6 Å². The predicted octanol–water partition coefficient (Wildman–Crippen LogP) is 3.75. The first-order valence-corrected chi connectivity index (χ1v) is 10.8. The van der Waals surface area contributed by atoms with Crippen LogP contribution in [-0.2, 0) is 19.3 Å². The lowest BCUT2D eigenvalue weighted by Crippen LogP contribution is -2.27. The topological polar surface area (TPSA) is 117 Å². The number of amides is 1. The standard InChI is InChI=1S/C24H20ClF3N4O4/c1-23(2,36)10-9-18-19(20(33)30-12-17-8-5-15(11-29-17)21(34)35)32(22(25)31-18)13-14-3-6-16(7-4-14)24(26,27)28/h3-8,11,36H,12-13H2,1-2H3,(H,30,33)(H,34,35). The lowest BCUT2D eigenvalue weighted by Gasteiger charge is -2.12. The number of imidazole rings is 1. The van der Waals surface area contributed by atoms with E-state index in [1.807, 2.05) is 0 Å². The van der Waals surface area contributed by atoms with Crippen LogP contribution in [-0.4, -0.2) is 42.2 Å². The van der Waals surface area contributed by atoms with E-state index in [1.165, 1.54) is 42.7 Å². The Morgan fingerprint density at radius 3 is 2.33 bits per heavy atom. The first-order valence-electron chi connectivity index (χ1n) is 10.4. The molecule has 1 amide bonds. The average molecular weight is 521 g/mol. The summed E-state index contributed by atoms with van der Waals surface area (Å²) in [6, 6.07) is 7.13. The smallest absolute Gasteiger partial charge is 0.416 e. The first-order chi connectivity index (χ1) is 16.7. The molecule has 12 heteroatoms. The molecule has 3 rings (SSSR count). The van der Waals surface area contributed by atoms with Gasteiger partial charge in [-0.2, -0.15) is 13.2 Å². The molecule has 188 valence electrons. The quantitative estimate of drug-likeness (QED) is 0.426. The number of halogens is 4. The Hall–Kier alpha value is -3.88. The van der Waals surface area contributed by atoms with Crippen molar-refractivity contribution in [1.82, 2.24) is 19.9 Å². The summed E-state index contributed by atoms with van der Waals surface area (Å²) < 4.78 is 40.0. The number of carboxylic acid groups (broad SMARTS) is 1. The molecule has 3 N–H and O–H groups in total. The number of benzene rings is 1. The maximum absolute atomic E-state index is 13.1. The molecule has 0 radical (unpaired) electrons. The average Bonchev–Trinajstić information content (AvgIpc) is 3.10. The van der Waals surface area contributed by atoms with Crippen molar-refractivity contribution in [3.63, 3.8) is 0 Å². The summed E-state index contributed by atoms with van der Waals surface area (Å²) in [5.41, 5.74) is -1.55. The predicted molar refractivity (Wildman–Crippen MR) is 123 cm³/mol. The Kier molecular flexibility index (Phi) is 7.71. The molecule has 0 saturated heterocycles. The Bertz CT molecular complexity index is 1330. The molecule has 0 bridgehead atoms. The highest BCUT2D eigenvalue weighted by atomic mass is 35.5. The zero-order valence-electron chi connectivity index (χ0n) is 19.0. The van der Waals surface area contributed by atoms with Crippen LogP contribution in [0.3, 0.4) is 0 Å². The van der Waals surface area contributed by atoms with E-state index in [4.69, 9.17) is 16.7 Å². The molecular weight excluding hydrogens is 501 g/mol. The second kappa shape index (κ2) is 10.4. The minimum Gasteiger partial charge on any atom is -0.478 e. The van der Waals surface area contributed by atoms with Crippen LogP contribution in [0, 0.1) is 11.8 Å². The van der Waals surface area contributed by atoms with Crippen molar-refractivity contribution in [2.75, 3.05) is 0 Å². The molecule has 0 atom stereocenters. The third kappa shape index (κ3) is 6.84. The summed E-state index contributed by atoms with van der Waals surface area (Å²) >= 11 is 6.26. The molecule has 2 aromatic heterocycles. The molecule has 0 saturated carbocycles. The van der Waals surface area contributed by atoms with Crippen LogP contribution in [0.5, 0.6) is 0 Å². The number of pyridine rings is 1. The van der Waals surface area contributed by atoms with Gasteiger partial charge in [0, 0.05) is 6.20 Å². The number of alkyl halides is 3. The van der Waals surface area contributed by atoms with E-state index < -0.39 is 29.2 Å². The van der Waals surface area contributed by atoms with Gasteiger partial charge in [-0.1, -0.05) is 18.1 Å². The lowest BCUT2D eigenvalue weighted by molar-refractivity contribution is -0.137. The molecule has 0 fully saturated rings. The minimum absolute atomic E-state index is 0.0179. The van der Waals surface area contributed by atoms with Gasteiger partial charge in [-0.3, -0.25) is 9.78 Å². The van der Waals surface area contributed by atoms with E-state index in [1.54, 1.807) is 0 Å². The molecule has 0 unspecified atom stereocenters. The molecule has 0 aliphatic rings. The van der Waals surface area contributed by atoms with Crippen LogP contribution >= 0.6 is 11.6 Å². The number of nitrogens with zero attached hydrogens (tertiary/aromatic N) is 3. The Balaban J connectivity index is 1.92. The molecular formula is C24H20ClF3N4O4. The Morgan fingerprint density at radius 2 is 1.81 bits per heavy atom. The van der Waals surface area contributed by atoms with E-state index in [-0.39, 0.29) is 35.3 Å². The number of carbonyl (C=O) groups excluding carboxylic acids is 1. The van der Waals surface area contributed by atoms with Crippen molar-refractivity contribution < 1.29 is 33.0 Å². The van der Waals surface area contributed by atoms with Gasteiger partial charge < -0.3 is 20.1 Å². The number of rotatable bonds is 6. The Morgan fingerprint density at radius 1 is 1.14 bits per heavy atom. The summed E-state index contributed by atoms with van der Waals surface area (Å²) in [5, 5.41) is 21.4. The molecule has 0 spiro atoms. The minimum atomic E-state index is -4.49. The van der Waals surface area contributed by atoms with Gasteiger partial charge in [-0.05, 0) is 61.2 Å². The van der Waals surface area contributed by atoms with Gasteiger partial charge >= 0.3 is 12.1 Å². The fourth-order valence-electron chi connectivity index (χ4n) is 2.99. The normalized spacial score (nSPS) is 11.5. The van der Waals surface area contributed by atoms with E-state index >= 15 is 0 Å². The highest BCUT2D eigenvalue weighted by Gasteiger charge is 2.30. The van der Waals surface area contributed by atoms with Crippen LogP contribution in [0.1, 0.15) is 57.2 Å². The summed E-state index contributed by atoms with van der Waals surface area (Å²) in [5.74, 6) is 3.37. The van der Waals surface area contributed by atoms with E-state index in [9.17, 15) is 27.9 Å². The molecule has 2 heterocycles. The van der Waals surface area contributed by atoms with Gasteiger partial charge in [0.2, 0.25) is 5.28 Å². The van der Waals surface area contributed by atoms with Crippen LogP contribution in [0.4, 0.5) is 13.2 Å². The van der Waals surface area contributed by atoms with Crippen molar-refractivity contribution in [3.05, 3.63) is 81.7 Å². The number of aliphatic hydroxyl groups is 1. The van der Waals surface area contributed by atoms with Gasteiger partial charge in [0.25, 0.3) is 5.91 Å². The maximum Gasteiger partial charge on any atom is 0.416 e. The molecule has 1 aromatic carbocycles. The summed E-state index contributed by atoms with van der Waals surface area (Å²) in [7, 11) is 0. The largest absolute Gasteiger partial charge is 0.478 e. The SMILES string of the molecule is CC(C)(O)C#Cc1nc(Cl)n(Cc2ccc(C(F)(F)F)cc2)c1C(=O)NCc1ccc(C(=O)O)cn1. The van der Waals surface area contributed by atoms with Crippen LogP contribution in [0.25, 0.3) is 0 Å². The third-order valence-electron chi connectivity index (χ3n) is 4.75. The van der Waals surface area contributed by atoms with Crippen molar-refractivity contribution in [3.8, 4) is 11.8 Å². The summed E-state index contributed by atoms with van der Waals surface area (Å²) in [4.78, 5) is 32.2. The van der Waals surface area contributed by atoms with Crippen molar-refractivity contribution in [2.45, 2.75) is 38.7 Å². The Labute approximate surface area is 208 Å². The molecule has 0 aliphatic heterocycles. The molecule has 8 nitrogen and oxygen atoms in total. The summed E-state index contributed by atoms with van der Waals surface area (Å²) in [6.07, 6.45) is -3.34. The number of aromatic carboxylic acids is 1. The summed E-state index contributed by atoms with van der Waals surface area (Å²) in [6.45, 7) is 2.72. The van der Waals surface area contributed by atoms with Gasteiger partial charge in [0.15, 0.2) is 0 Å². The van der Waals surface area contributed by atoms with Crippen molar-refractivity contribution in [2.24, 2.45) is 0 Å². The zero-order chi connectivity index (χ0) is 26.7. The van der Waals surface area contributed by atoms with Crippen molar-refractivity contribution in [1.29, 1.82) is 0 Å². The van der Waals surface area contributed by atoms with Gasteiger partial charge in [-0.15, -0.1) is 0 Å². The lowest BCUT2D eigenvalue weighted by atomic mass is 10.1. The van der Waals surface area contributed by atoms with Gasteiger partial charge in [0.1, 0.15) is 17.0 Å². The molecule has 36 heavy (non-hydrogen) atoms. The molecule has 3 aromatic rings. The first kappa shape index (κ1) is 26.7.